The van der Waals surface area contributed by atoms with Crippen LogP contribution in [-0.4, -0.2) is 42.7 Å². The van der Waals surface area contributed by atoms with E-state index in [9.17, 15) is 4.79 Å². The molecular formula is C18H24N6O. The monoisotopic (exact) mass is 340 g/mol. The van der Waals surface area contributed by atoms with Crippen LogP contribution in [0.3, 0.4) is 0 Å². The van der Waals surface area contributed by atoms with Crippen molar-refractivity contribution < 1.29 is 4.79 Å². The number of carbonyl (C=O) groups is 1. The first kappa shape index (κ1) is 18.5. The Morgan fingerprint density at radius 1 is 1.32 bits per heavy atom. The van der Waals surface area contributed by atoms with Crippen LogP contribution in [0.1, 0.15) is 36.8 Å². The molecule has 0 aliphatic carbocycles. The molecule has 0 fully saturated rings. The van der Waals surface area contributed by atoms with Gasteiger partial charge in [-0.3, -0.25) is 15.1 Å². The number of carbonyl (C=O) groups excluding carboxylic acids is 1. The number of aryl methyl sites for hydroxylation is 1. The molecule has 1 aromatic carbocycles. The number of nitrogens with one attached hydrogen (secondary N) is 2. The van der Waals surface area contributed by atoms with Crippen molar-refractivity contribution in [2.75, 3.05) is 20.1 Å². The van der Waals surface area contributed by atoms with Crippen molar-refractivity contribution in [1.29, 1.82) is 5.26 Å². The van der Waals surface area contributed by atoms with E-state index in [0.29, 0.717) is 31.9 Å². The van der Waals surface area contributed by atoms with E-state index in [2.05, 4.69) is 51.9 Å². The molecule has 0 unspecified atom stereocenters. The highest BCUT2D eigenvalue weighted by Gasteiger charge is 2.20. The van der Waals surface area contributed by atoms with E-state index in [1.165, 1.54) is 5.56 Å². The van der Waals surface area contributed by atoms with E-state index >= 15 is 0 Å². The molecule has 1 aromatic rings. The average Bonchev–Trinajstić information content (AvgIpc) is 2.62. The predicted molar refractivity (Wildman–Crippen MR) is 98.0 cm³/mol. The maximum absolute atomic E-state index is 12.1. The van der Waals surface area contributed by atoms with Crippen LogP contribution in [-0.2, 0) is 4.79 Å². The van der Waals surface area contributed by atoms with Crippen LogP contribution in [0.25, 0.3) is 0 Å². The Labute approximate surface area is 148 Å². The second-order valence-electron chi connectivity index (χ2n) is 5.87. The fourth-order valence-corrected chi connectivity index (χ4v) is 2.55. The number of amides is 1. The van der Waals surface area contributed by atoms with E-state index < -0.39 is 0 Å². The van der Waals surface area contributed by atoms with E-state index in [4.69, 9.17) is 5.26 Å². The predicted octanol–water partition coefficient (Wildman–Crippen LogP) is 1.75. The Morgan fingerprint density at radius 3 is 2.76 bits per heavy atom. The number of hydrogen-bond donors (Lipinski definition) is 2. The van der Waals surface area contributed by atoms with E-state index in [1.54, 1.807) is 12.1 Å². The minimum absolute atomic E-state index is 0.0748. The lowest BCUT2D eigenvalue weighted by Crippen LogP contribution is -2.36. The second kappa shape index (κ2) is 9.42. The summed E-state index contributed by atoms with van der Waals surface area (Å²) in [6.45, 7) is 3.33. The molecule has 0 aromatic heterocycles. The Balaban J connectivity index is 1.84. The fourth-order valence-electron chi connectivity index (χ4n) is 2.55. The van der Waals surface area contributed by atoms with Crippen molar-refractivity contribution in [2.24, 2.45) is 10.1 Å². The van der Waals surface area contributed by atoms with Gasteiger partial charge in [-0.25, -0.2) is 5.01 Å². The highest BCUT2D eigenvalue weighted by molar-refractivity contribution is 6.04. The lowest BCUT2D eigenvalue weighted by molar-refractivity contribution is -0.131. The first-order chi connectivity index (χ1) is 12.1. The number of guanidine groups is 1. The third-order valence-corrected chi connectivity index (χ3v) is 3.98. The van der Waals surface area contributed by atoms with Crippen molar-refractivity contribution in [3.05, 3.63) is 35.4 Å². The van der Waals surface area contributed by atoms with E-state index in [-0.39, 0.29) is 5.91 Å². The molecule has 0 atom stereocenters. The van der Waals surface area contributed by atoms with Gasteiger partial charge in [0.25, 0.3) is 0 Å². The van der Waals surface area contributed by atoms with Crippen LogP contribution in [0.2, 0.25) is 0 Å². The van der Waals surface area contributed by atoms with Gasteiger partial charge in [-0.15, -0.1) is 0 Å². The van der Waals surface area contributed by atoms with Crippen molar-refractivity contribution in [3.63, 3.8) is 0 Å². The molecule has 2 N–H and O–H groups in total. The number of aliphatic imine (C=N–C) groups is 1. The van der Waals surface area contributed by atoms with Crippen LogP contribution in [0.5, 0.6) is 0 Å². The summed E-state index contributed by atoms with van der Waals surface area (Å²) in [7, 11) is 1.61. The van der Waals surface area contributed by atoms with Crippen molar-refractivity contribution in [1.82, 2.24) is 15.6 Å². The zero-order chi connectivity index (χ0) is 18.1. The number of benzene rings is 1. The number of unbranched alkanes of at least 4 members (excludes halogenated alkanes) is 1. The molecule has 0 saturated carbocycles. The maximum Gasteiger partial charge on any atom is 0.243 e. The van der Waals surface area contributed by atoms with Gasteiger partial charge >= 0.3 is 0 Å². The molecule has 2 rings (SSSR count). The first-order valence-corrected chi connectivity index (χ1v) is 8.44. The van der Waals surface area contributed by atoms with Crippen molar-refractivity contribution in [2.45, 2.75) is 32.6 Å². The van der Waals surface area contributed by atoms with E-state index in [0.717, 1.165) is 24.1 Å². The number of hydrazone groups is 1. The second-order valence-corrected chi connectivity index (χ2v) is 5.87. The first-order valence-electron chi connectivity index (χ1n) is 8.44. The minimum atomic E-state index is 0.0748. The molecule has 1 aliphatic rings. The summed E-state index contributed by atoms with van der Waals surface area (Å²) in [6.07, 6.45) is 4.70. The zero-order valence-corrected chi connectivity index (χ0v) is 14.7. The molecule has 7 nitrogen and oxygen atoms in total. The van der Waals surface area contributed by atoms with Crippen molar-refractivity contribution in [3.8, 4) is 6.19 Å². The van der Waals surface area contributed by atoms with Crippen molar-refractivity contribution >= 4 is 17.6 Å². The third kappa shape index (κ3) is 5.60. The summed E-state index contributed by atoms with van der Waals surface area (Å²) in [5.41, 5.74) is 3.26. The Bertz CT molecular complexity index is 687. The van der Waals surface area contributed by atoms with Crippen LogP contribution < -0.4 is 10.6 Å². The number of nitriles is 1. The van der Waals surface area contributed by atoms with Crippen LogP contribution in [0, 0.1) is 18.4 Å². The van der Waals surface area contributed by atoms with Gasteiger partial charge < -0.3 is 5.32 Å². The molecule has 0 saturated heterocycles. The van der Waals surface area contributed by atoms with Gasteiger partial charge in [0, 0.05) is 33.0 Å². The molecule has 1 aliphatic heterocycles. The van der Waals surface area contributed by atoms with Gasteiger partial charge in [0.05, 0.1) is 5.71 Å². The quantitative estimate of drug-likeness (QED) is 0.271. The molecule has 1 heterocycles. The van der Waals surface area contributed by atoms with Gasteiger partial charge in [-0.2, -0.15) is 10.4 Å². The number of nitrogens with zero attached hydrogens (tertiary/aromatic N) is 4. The maximum atomic E-state index is 12.1. The topological polar surface area (TPSA) is 92.9 Å². The highest BCUT2D eigenvalue weighted by atomic mass is 16.2. The van der Waals surface area contributed by atoms with Gasteiger partial charge in [0.15, 0.2) is 6.19 Å². The Hall–Kier alpha value is -2.88. The molecule has 25 heavy (non-hydrogen) atoms. The van der Waals surface area contributed by atoms with E-state index in [1.807, 2.05) is 6.19 Å². The van der Waals surface area contributed by atoms with Gasteiger partial charge in [-0.05, 0) is 25.3 Å². The summed E-state index contributed by atoms with van der Waals surface area (Å²) in [5.74, 6) is 0.530. The van der Waals surface area contributed by atoms with Gasteiger partial charge in [0.2, 0.25) is 11.9 Å². The zero-order valence-electron chi connectivity index (χ0n) is 14.7. The molecule has 0 bridgehead atoms. The third-order valence-electron chi connectivity index (χ3n) is 3.98. The molecule has 7 heteroatoms. The SMILES string of the molecule is CN=C(NC#N)NCCCCN1N=C(c2ccc(C)cc2)CCC1=O. The molecule has 0 radical (unpaired) electrons. The van der Waals surface area contributed by atoms with Crippen LogP contribution >= 0.6 is 0 Å². The summed E-state index contributed by atoms with van der Waals surface area (Å²) < 4.78 is 0. The Morgan fingerprint density at radius 2 is 2.08 bits per heavy atom. The normalized spacial score (nSPS) is 14.8. The smallest absolute Gasteiger partial charge is 0.243 e. The number of rotatable bonds is 6. The Kier molecular flexibility index (Phi) is 6.96. The largest absolute Gasteiger partial charge is 0.356 e. The summed E-state index contributed by atoms with van der Waals surface area (Å²) >= 11 is 0. The molecule has 132 valence electrons. The van der Waals surface area contributed by atoms with Gasteiger partial charge in [-0.1, -0.05) is 29.8 Å². The number of hydrogen-bond acceptors (Lipinski definition) is 4. The lowest BCUT2D eigenvalue weighted by atomic mass is 10.0. The standard InChI is InChI=1S/C18H24N6O/c1-14-5-7-15(8-6-14)16-9-10-17(25)24(23-16)12-4-3-11-21-18(20-2)22-13-19/h5-8H,3-4,9-12H2,1-2H3,(H2,20,21,22). The summed E-state index contributed by atoms with van der Waals surface area (Å²) in [6, 6.07) is 8.23. The minimum Gasteiger partial charge on any atom is -0.356 e. The molecular weight excluding hydrogens is 316 g/mol. The van der Waals surface area contributed by atoms with Crippen LogP contribution in [0.4, 0.5) is 0 Å². The fraction of sp³-hybridized carbons (Fsp3) is 0.444. The van der Waals surface area contributed by atoms with Gasteiger partial charge in [0.1, 0.15) is 0 Å². The molecule has 0 spiro atoms. The summed E-state index contributed by atoms with van der Waals surface area (Å²) in [4.78, 5) is 16.0. The molecule has 1 amide bonds. The lowest BCUT2D eigenvalue weighted by Gasteiger charge is -2.23. The average molecular weight is 340 g/mol. The van der Waals surface area contributed by atoms with Crippen LogP contribution in [0.15, 0.2) is 34.4 Å². The summed E-state index contributed by atoms with van der Waals surface area (Å²) in [5, 5.41) is 20.2. The highest BCUT2D eigenvalue weighted by Crippen LogP contribution is 2.16.